The van der Waals surface area contributed by atoms with Crippen LogP contribution in [0.1, 0.15) is 71.1 Å². The highest BCUT2D eigenvalue weighted by atomic mass is 19.4. The van der Waals surface area contributed by atoms with Crippen molar-refractivity contribution in [2.24, 2.45) is 0 Å². The number of carbonyl (C=O) groups is 2. The Bertz CT molecular complexity index is 609. The smallest absolute Gasteiger partial charge is 0.381 e. The molecule has 0 spiro atoms. The van der Waals surface area contributed by atoms with E-state index in [0.717, 1.165) is 25.7 Å². The van der Waals surface area contributed by atoms with Crippen LogP contribution < -0.4 is 0 Å². The number of ether oxygens (including phenoxy) is 2. The summed E-state index contributed by atoms with van der Waals surface area (Å²) in [4.78, 5) is 22.8. The molecule has 4 nitrogen and oxygen atoms in total. The Balaban J connectivity index is 4.10. The molecule has 33 heavy (non-hydrogen) atoms. The van der Waals surface area contributed by atoms with E-state index in [1.165, 1.54) is 25.7 Å². The second kappa shape index (κ2) is 15.1. The summed E-state index contributed by atoms with van der Waals surface area (Å²) in [7, 11) is 0. The first-order valence-corrected chi connectivity index (χ1v) is 10.7. The molecule has 0 aliphatic carbocycles. The maximum absolute atomic E-state index is 13.3. The number of hydrogen-bond acceptors (Lipinski definition) is 4. The van der Waals surface area contributed by atoms with E-state index in [1.807, 2.05) is 6.08 Å². The predicted molar refractivity (Wildman–Crippen MR) is 104 cm³/mol. The lowest BCUT2D eigenvalue weighted by Gasteiger charge is -2.31. The van der Waals surface area contributed by atoms with E-state index in [-0.39, 0.29) is 6.61 Å². The summed E-state index contributed by atoms with van der Waals surface area (Å²) in [5.74, 6) is -21.1. The molecule has 0 heterocycles. The van der Waals surface area contributed by atoms with Crippen LogP contribution in [0.15, 0.2) is 12.2 Å². The molecule has 0 saturated carbocycles. The summed E-state index contributed by atoms with van der Waals surface area (Å²) in [6.45, 7) is -0.516. The van der Waals surface area contributed by atoms with E-state index in [2.05, 4.69) is 11.7 Å². The minimum atomic E-state index is -6.46. The van der Waals surface area contributed by atoms with Crippen molar-refractivity contribution >= 4 is 11.9 Å². The third-order valence-electron chi connectivity index (χ3n) is 4.58. The Morgan fingerprint density at radius 1 is 0.788 bits per heavy atom. The molecule has 0 N–H and O–H groups in total. The third-order valence-corrected chi connectivity index (χ3v) is 4.58. The summed E-state index contributed by atoms with van der Waals surface area (Å²) in [6, 6.07) is 0. The summed E-state index contributed by atoms with van der Waals surface area (Å²) in [5.41, 5.74) is 0. The zero-order chi connectivity index (χ0) is 25.5. The number of carbonyl (C=O) groups excluding carboxylic acids is 2. The summed E-state index contributed by atoms with van der Waals surface area (Å²) >= 11 is 0. The maximum atomic E-state index is 13.3. The molecule has 0 atom stereocenters. The van der Waals surface area contributed by atoms with Gasteiger partial charge >= 0.3 is 36.1 Å². The second-order valence-corrected chi connectivity index (χ2v) is 7.43. The molecule has 0 radical (unpaired) electrons. The minimum Gasteiger partial charge on any atom is -0.461 e. The number of alkyl halides is 8. The van der Waals surface area contributed by atoms with Gasteiger partial charge in [0.25, 0.3) is 0 Å². The molecule has 0 aliphatic heterocycles. The molecule has 0 fully saturated rings. The molecule has 0 aromatic carbocycles. The van der Waals surface area contributed by atoms with Crippen LogP contribution in [-0.4, -0.2) is 49.3 Å². The zero-order valence-corrected chi connectivity index (χ0v) is 18.4. The third kappa shape index (κ3) is 11.2. The molecule has 0 aromatic rings. The average Bonchev–Trinajstić information content (AvgIpc) is 2.74. The Hall–Kier alpha value is -1.88. The molecule has 12 heteroatoms. The van der Waals surface area contributed by atoms with Gasteiger partial charge in [0.1, 0.15) is 6.61 Å². The van der Waals surface area contributed by atoms with Gasteiger partial charge in [-0.05, 0) is 12.8 Å². The summed E-state index contributed by atoms with van der Waals surface area (Å²) in [6.07, 6.45) is 5.67. The van der Waals surface area contributed by atoms with Gasteiger partial charge in [-0.2, -0.15) is 26.3 Å². The Labute approximate surface area is 187 Å². The molecular weight excluding hydrogens is 468 g/mol. The van der Waals surface area contributed by atoms with E-state index >= 15 is 0 Å². The minimum absolute atomic E-state index is 0.0998. The number of unbranched alkanes of at least 4 members (excludes halogenated alkanes) is 7. The Kier molecular flexibility index (Phi) is 14.2. The highest BCUT2D eigenvalue weighted by molar-refractivity contribution is 5.77. The van der Waals surface area contributed by atoms with Crippen LogP contribution in [0.4, 0.5) is 35.1 Å². The van der Waals surface area contributed by atoms with Crippen LogP contribution in [0.2, 0.25) is 0 Å². The van der Waals surface area contributed by atoms with Gasteiger partial charge < -0.3 is 9.47 Å². The maximum Gasteiger partial charge on any atom is 0.381 e. The quantitative estimate of drug-likeness (QED) is 0.0911. The summed E-state index contributed by atoms with van der Waals surface area (Å²) < 4.78 is 111. The van der Waals surface area contributed by atoms with Gasteiger partial charge in [-0.25, -0.2) is 8.78 Å². The van der Waals surface area contributed by atoms with E-state index < -0.39 is 55.6 Å². The highest BCUT2D eigenvalue weighted by Gasteiger charge is 2.75. The first-order valence-electron chi connectivity index (χ1n) is 10.7. The standard InChI is InChI=1S/C21H30F8O4/c1-2-3-4-5-6-7-8-9-10-11-14-32-16(30)12-13-17(31)33-15-19(24,25)21(28,29)20(26,27)18(22)23/h10-11,18H,2-9,12-15H2,1H3/b11-10+. The molecule has 194 valence electrons. The number of halogens is 8. The van der Waals surface area contributed by atoms with E-state index in [0.29, 0.717) is 0 Å². The van der Waals surface area contributed by atoms with Crippen LogP contribution in [-0.2, 0) is 19.1 Å². The highest BCUT2D eigenvalue weighted by Crippen LogP contribution is 2.48. The van der Waals surface area contributed by atoms with Crippen molar-refractivity contribution in [1.29, 1.82) is 0 Å². The summed E-state index contributed by atoms with van der Waals surface area (Å²) in [5, 5.41) is 0. The first kappa shape index (κ1) is 31.1. The van der Waals surface area contributed by atoms with Crippen LogP contribution in [0.5, 0.6) is 0 Å². The molecule has 0 rings (SSSR count). The van der Waals surface area contributed by atoms with Gasteiger partial charge in [-0.3, -0.25) is 9.59 Å². The van der Waals surface area contributed by atoms with Crippen molar-refractivity contribution in [3.8, 4) is 0 Å². The fourth-order valence-electron chi connectivity index (χ4n) is 2.54. The van der Waals surface area contributed by atoms with Crippen molar-refractivity contribution in [2.45, 2.75) is 95.3 Å². The molecule has 0 unspecified atom stereocenters. The monoisotopic (exact) mass is 498 g/mol. The van der Waals surface area contributed by atoms with Crippen LogP contribution in [0, 0.1) is 0 Å². The topological polar surface area (TPSA) is 52.6 Å². The Morgan fingerprint density at radius 3 is 1.85 bits per heavy atom. The molecule has 0 aliphatic rings. The van der Waals surface area contributed by atoms with Gasteiger partial charge in [-0.15, -0.1) is 0 Å². The van der Waals surface area contributed by atoms with E-state index in [1.54, 1.807) is 6.08 Å². The molecule has 0 amide bonds. The number of rotatable bonds is 18. The lowest BCUT2D eigenvalue weighted by molar-refractivity contribution is -0.344. The molecule has 0 aromatic heterocycles. The van der Waals surface area contributed by atoms with Gasteiger partial charge in [0.05, 0.1) is 12.8 Å². The largest absolute Gasteiger partial charge is 0.461 e. The normalized spacial score (nSPS) is 13.0. The lowest BCUT2D eigenvalue weighted by atomic mass is 10.1. The average molecular weight is 498 g/mol. The lowest BCUT2D eigenvalue weighted by Crippen LogP contribution is -2.59. The van der Waals surface area contributed by atoms with Crippen molar-refractivity contribution in [2.75, 3.05) is 13.2 Å². The number of allylic oxidation sites excluding steroid dienone is 1. The van der Waals surface area contributed by atoms with E-state index in [4.69, 9.17) is 4.74 Å². The number of hydrogen-bond donors (Lipinski definition) is 0. The van der Waals surface area contributed by atoms with Gasteiger partial charge in [0.2, 0.25) is 0 Å². The molecule has 0 bridgehead atoms. The fraction of sp³-hybridized carbons (Fsp3) is 0.810. The van der Waals surface area contributed by atoms with Crippen LogP contribution in [0.3, 0.4) is 0 Å². The van der Waals surface area contributed by atoms with Crippen LogP contribution >= 0.6 is 0 Å². The van der Waals surface area contributed by atoms with Crippen molar-refractivity contribution in [1.82, 2.24) is 0 Å². The molecular formula is C21H30F8O4. The van der Waals surface area contributed by atoms with Crippen molar-refractivity contribution < 1.29 is 54.2 Å². The Morgan fingerprint density at radius 2 is 1.30 bits per heavy atom. The number of esters is 2. The van der Waals surface area contributed by atoms with Crippen LogP contribution in [0.25, 0.3) is 0 Å². The van der Waals surface area contributed by atoms with E-state index in [9.17, 15) is 44.7 Å². The fourth-order valence-corrected chi connectivity index (χ4v) is 2.54. The zero-order valence-electron chi connectivity index (χ0n) is 18.4. The predicted octanol–water partition coefficient (Wildman–Crippen LogP) is 6.72. The SMILES string of the molecule is CCCCCCCCC/C=C/COC(=O)CCC(=O)OCC(F)(F)C(F)(F)C(F)(F)C(F)F. The van der Waals surface area contributed by atoms with Gasteiger partial charge in [-0.1, -0.05) is 57.6 Å². The van der Waals surface area contributed by atoms with Gasteiger partial charge in [0.15, 0.2) is 6.61 Å². The molecule has 0 saturated heterocycles. The van der Waals surface area contributed by atoms with Gasteiger partial charge in [0, 0.05) is 0 Å². The first-order chi connectivity index (χ1) is 15.3. The van der Waals surface area contributed by atoms with Crippen molar-refractivity contribution in [3.63, 3.8) is 0 Å². The van der Waals surface area contributed by atoms with Crippen molar-refractivity contribution in [3.05, 3.63) is 12.2 Å². The second-order valence-electron chi connectivity index (χ2n) is 7.43.